The summed E-state index contributed by atoms with van der Waals surface area (Å²) in [5.41, 5.74) is -2.71. The molecule has 0 radical (unpaired) electrons. The molecule has 2 aliphatic carbocycles. The molecule has 0 aromatic heterocycles. The maximum Gasteiger partial charge on any atom is 0.305 e. The van der Waals surface area contributed by atoms with Crippen LogP contribution in [0.15, 0.2) is 0 Å². The van der Waals surface area contributed by atoms with Gasteiger partial charge in [0.1, 0.15) is 18.3 Å². The Labute approximate surface area is 217 Å². The van der Waals surface area contributed by atoms with Crippen LogP contribution in [0.4, 0.5) is 0 Å². The van der Waals surface area contributed by atoms with Gasteiger partial charge in [-0.3, -0.25) is 14.4 Å². The maximum absolute atomic E-state index is 12.4. The van der Waals surface area contributed by atoms with Gasteiger partial charge in [-0.05, 0) is 37.5 Å². The smallest absolute Gasteiger partial charge is 0.305 e. The fourth-order valence-electron chi connectivity index (χ4n) is 8.10. The summed E-state index contributed by atoms with van der Waals surface area (Å²) in [6.07, 6.45) is -0.438. The summed E-state index contributed by atoms with van der Waals surface area (Å²) in [6, 6.07) is 0. The van der Waals surface area contributed by atoms with Gasteiger partial charge < -0.3 is 33.5 Å². The molecule has 3 saturated heterocycles. The van der Waals surface area contributed by atoms with Crippen LogP contribution >= 0.6 is 0 Å². The number of ether oxygens (including phenoxy) is 6. The zero-order valence-electron chi connectivity index (χ0n) is 22.4. The van der Waals surface area contributed by atoms with Gasteiger partial charge in [-0.2, -0.15) is 0 Å². The molecule has 1 N–H and O–H groups in total. The van der Waals surface area contributed by atoms with E-state index in [2.05, 4.69) is 13.8 Å². The molecule has 2 saturated carbocycles. The quantitative estimate of drug-likeness (QED) is 0.313. The van der Waals surface area contributed by atoms with Gasteiger partial charge in [0.05, 0.1) is 30.8 Å². The molecule has 5 aliphatic rings. The van der Waals surface area contributed by atoms with E-state index in [0.29, 0.717) is 18.9 Å². The third-order valence-corrected chi connectivity index (χ3v) is 10.1. The topological polar surface area (TPSA) is 130 Å². The Kier molecular flexibility index (Phi) is 6.87. The second kappa shape index (κ2) is 9.47. The molecule has 3 heterocycles. The monoisotopic (exact) mass is 524 g/mol. The van der Waals surface area contributed by atoms with Crippen molar-refractivity contribution in [1.29, 1.82) is 0 Å². The van der Waals surface area contributed by atoms with Gasteiger partial charge in [-0.25, -0.2) is 0 Å². The Hall–Kier alpha value is -1.75. The molecule has 4 unspecified atom stereocenters. The average Bonchev–Trinajstić information content (AvgIpc) is 3.32. The second-order valence-electron chi connectivity index (χ2n) is 11.9. The largest absolute Gasteiger partial charge is 0.465 e. The summed E-state index contributed by atoms with van der Waals surface area (Å²) in [4.78, 5) is 37.0. The van der Waals surface area contributed by atoms with Gasteiger partial charge in [0.15, 0.2) is 12.4 Å². The number of epoxide rings is 1. The number of hydrogen-bond donors (Lipinski definition) is 1. The number of hydrogen-bond acceptors (Lipinski definition) is 10. The number of rotatable bonds is 6. The molecule has 0 amide bonds. The number of carbonyl (C=O) groups is 3. The molecule has 5 rings (SSSR count). The molecule has 10 nitrogen and oxygen atoms in total. The Morgan fingerprint density at radius 2 is 1.81 bits per heavy atom. The van der Waals surface area contributed by atoms with E-state index in [0.717, 1.165) is 12.8 Å². The Bertz CT molecular complexity index is 920. The van der Waals surface area contributed by atoms with E-state index < -0.39 is 52.7 Å². The summed E-state index contributed by atoms with van der Waals surface area (Å²) < 4.78 is 36.0. The first-order valence-corrected chi connectivity index (χ1v) is 13.6. The molecule has 5 fully saturated rings. The number of esters is 3. The Morgan fingerprint density at radius 3 is 2.41 bits per heavy atom. The van der Waals surface area contributed by atoms with Crippen molar-refractivity contribution in [2.24, 2.45) is 28.6 Å². The van der Waals surface area contributed by atoms with Gasteiger partial charge in [-0.15, -0.1) is 0 Å². The lowest BCUT2D eigenvalue weighted by atomic mass is 9.41. The van der Waals surface area contributed by atoms with E-state index in [1.165, 1.54) is 13.8 Å². The fourth-order valence-corrected chi connectivity index (χ4v) is 8.10. The van der Waals surface area contributed by atoms with Crippen LogP contribution in [0.5, 0.6) is 0 Å². The minimum Gasteiger partial charge on any atom is -0.465 e. The molecule has 0 aromatic carbocycles. The molecule has 3 aliphatic heterocycles. The highest BCUT2D eigenvalue weighted by atomic mass is 16.7. The van der Waals surface area contributed by atoms with Crippen molar-refractivity contribution in [2.75, 3.05) is 19.8 Å². The SMILES string of the molecule is CCC(=O)O[C@H]1[C@H](O)CC2[C@](C)(C3CC4CCOC4O3)[C@@H](C)C[C@H](OC(C)=O)[C@@]2(COC(C)=O)[C@]12CO2. The molecule has 10 heteroatoms. The summed E-state index contributed by atoms with van der Waals surface area (Å²) in [7, 11) is 0. The first-order chi connectivity index (χ1) is 17.5. The van der Waals surface area contributed by atoms with Crippen LogP contribution in [0.2, 0.25) is 0 Å². The molecule has 0 aromatic rings. The fraction of sp³-hybridized carbons (Fsp3) is 0.889. The highest BCUT2D eigenvalue weighted by Crippen LogP contribution is 2.70. The number of fused-ring (bicyclic) bond motifs is 3. The Balaban J connectivity index is 1.63. The van der Waals surface area contributed by atoms with E-state index in [9.17, 15) is 19.5 Å². The van der Waals surface area contributed by atoms with Gasteiger partial charge in [0.25, 0.3) is 0 Å². The van der Waals surface area contributed by atoms with Crippen LogP contribution in [0.25, 0.3) is 0 Å². The summed E-state index contributed by atoms with van der Waals surface area (Å²) in [5.74, 6) is -1.37. The summed E-state index contributed by atoms with van der Waals surface area (Å²) >= 11 is 0. The van der Waals surface area contributed by atoms with Gasteiger partial charge in [0, 0.05) is 31.6 Å². The number of aliphatic hydroxyl groups excluding tert-OH is 1. The van der Waals surface area contributed by atoms with Crippen molar-refractivity contribution >= 4 is 17.9 Å². The lowest BCUT2D eigenvalue weighted by Gasteiger charge is -2.65. The van der Waals surface area contributed by atoms with Crippen LogP contribution in [-0.2, 0) is 42.8 Å². The highest BCUT2D eigenvalue weighted by molar-refractivity contribution is 5.69. The second-order valence-corrected chi connectivity index (χ2v) is 11.9. The van der Waals surface area contributed by atoms with E-state index in [1.54, 1.807) is 6.92 Å². The van der Waals surface area contributed by atoms with Crippen molar-refractivity contribution < 1.29 is 47.9 Å². The summed E-state index contributed by atoms with van der Waals surface area (Å²) in [6.45, 7) is 9.46. The zero-order valence-corrected chi connectivity index (χ0v) is 22.4. The first-order valence-electron chi connectivity index (χ1n) is 13.6. The molecular formula is C27H40O10. The third kappa shape index (κ3) is 4.01. The number of carbonyl (C=O) groups excluding carboxylic acids is 3. The minimum atomic E-state index is -1.16. The molecule has 208 valence electrons. The van der Waals surface area contributed by atoms with E-state index >= 15 is 0 Å². The molecular weight excluding hydrogens is 484 g/mol. The van der Waals surface area contributed by atoms with Crippen LogP contribution in [0.1, 0.15) is 66.7 Å². The number of aliphatic hydroxyl groups is 1. The van der Waals surface area contributed by atoms with Crippen molar-refractivity contribution in [3.63, 3.8) is 0 Å². The van der Waals surface area contributed by atoms with Crippen molar-refractivity contribution in [3.8, 4) is 0 Å². The van der Waals surface area contributed by atoms with Crippen LogP contribution in [0.3, 0.4) is 0 Å². The third-order valence-electron chi connectivity index (χ3n) is 10.1. The van der Waals surface area contributed by atoms with Crippen LogP contribution in [-0.4, -0.2) is 79.1 Å². The molecule has 11 atom stereocenters. The maximum atomic E-state index is 12.4. The van der Waals surface area contributed by atoms with Crippen molar-refractivity contribution in [1.82, 2.24) is 0 Å². The van der Waals surface area contributed by atoms with Crippen molar-refractivity contribution in [2.45, 2.75) is 103 Å². The van der Waals surface area contributed by atoms with E-state index in [1.807, 2.05) is 0 Å². The predicted molar refractivity (Wildman–Crippen MR) is 127 cm³/mol. The normalized spacial score (nSPS) is 48.2. The lowest BCUT2D eigenvalue weighted by molar-refractivity contribution is -0.284. The van der Waals surface area contributed by atoms with E-state index in [4.69, 9.17) is 28.4 Å². The van der Waals surface area contributed by atoms with Crippen LogP contribution in [0, 0.1) is 28.6 Å². The first kappa shape index (κ1) is 26.8. The van der Waals surface area contributed by atoms with Crippen molar-refractivity contribution in [3.05, 3.63) is 0 Å². The standard InChI is InChI=1S/C27H40O10/c1-6-22(31)37-23-18(30)11-19-25(5,20-10-17-7-8-32-24(17)36-20)14(2)9-21(35-16(4)29)26(19,12-33-15(3)28)27(23)13-34-27/h14,17-21,23-24,30H,6-13H2,1-5H3/t14-,17?,18+,19?,20?,21-,23-,24?,25+,26-,27-/m0/s1. The zero-order chi connectivity index (χ0) is 26.8. The summed E-state index contributed by atoms with van der Waals surface area (Å²) in [5, 5.41) is 11.5. The average molecular weight is 525 g/mol. The van der Waals surface area contributed by atoms with Gasteiger partial charge in [0.2, 0.25) is 0 Å². The van der Waals surface area contributed by atoms with E-state index in [-0.39, 0.29) is 50.3 Å². The minimum absolute atomic E-state index is 0.0360. The highest BCUT2D eigenvalue weighted by Gasteiger charge is 2.81. The van der Waals surface area contributed by atoms with Gasteiger partial charge in [-0.1, -0.05) is 20.8 Å². The molecule has 37 heavy (non-hydrogen) atoms. The van der Waals surface area contributed by atoms with Crippen LogP contribution < -0.4 is 0 Å². The van der Waals surface area contributed by atoms with Gasteiger partial charge >= 0.3 is 17.9 Å². The Morgan fingerprint density at radius 1 is 1.08 bits per heavy atom. The lowest BCUT2D eigenvalue weighted by Crippen LogP contribution is -2.74. The predicted octanol–water partition coefficient (Wildman–Crippen LogP) is 2.14. The molecule has 1 spiro atoms. The molecule has 0 bridgehead atoms.